The molecule has 0 atom stereocenters. The summed E-state index contributed by atoms with van der Waals surface area (Å²) in [6, 6.07) is 11.6. The van der Waals surface area contributed by atoms with Gasteiger partial charge in [-0.25, -0.2) is 12.8 Å². The minimum atomic E-state index is -3.70. The number of aliphatic imine (C=N–C) groups is 1. The van der Waals surface area contributed by atoms with Gasteiger partial charge in [0.15, 0.2) is 15.8 Å². The van der Waals surface area contributed by atoms with Crippen molar-refractivity contribution in [2.45, 2.75) is 23.3 Å². The zero-order chi connectivity index (χ0) is 19.9. The lowest BCUT2D eigenvalue weighted by molar-refractivity contribution is 0.566. The van der Waals surface area contributed by atoms with Crippen LogP contribution in [0.25, 0.3) is 0 Å². The molecule has 0 heterocycles. The number of guanidine groups is 1. The van der Waals surface area contributed by atoms with Gasteiger partial charge in [0.25, 0.3) is 0 Å². The van der Waals surface area contributed by atoms with E-state index in [0.29, 0.717) is 12.5 Å². The molecule has 0 aromatic heterocycles. The monoisotopic (exact) mass is 409 g/mol. The van der Waals surface area contributed by atoms with E-state index in [9.17, 15) is 12.8 Å². The molecule has 0 unspecified atom stereocenters. The zero-order valence-electron chi connectivity index (χ0n) is 15.6. The van der Waals surface area contributed by atoms with Crippen molar-refractivity contribution in [3.63, 3.8) is 0 Å². The van der Waals surface area contributed by atoms with Crippen molar-refractivity contribution < 1.29 is 12.8 Å². The van der Waals surface area contributed by atoms with E-state index in [1.165, 1.54) is 28.7 Å². The number of benzene rings is 2. The third kappa shape index (κ3) is 5.97. The summed E-state index contributed by atoms with van der Waals surface area (Å²) in [5.74, 6) is -0.467. The molecule has 0 radical (unpaired) electrons. The molecule has 2 aromatic carbocycles. The summed E-state index contributed by atoms with van der Waals surface area (Å²) in [4.78, 5) is 5.01. The van der Waals surface area contributed by atoms with E-state index < -0.39 is 15.7 Å². The van der Waals surface area contributed by atoms with E-state index in [1.807, 2.05) is 19.2 Å². The van der Waals surface area contributed by atoms with Gasteiger partial charge in [-0.15, -0.1) is 11.8 Å². The van der Waals surface area contributed by atoms with Crippen LogP contribution in [0, 0.1) is 12.7 Å². The summed E-state index contributed by atoms with van der Waals surface area (Å²) in [7, 11) is -2.08. The second-order valence-corrected chi connectivity index (χ2v) is 8.84. The fourth-order valence-corrected chi connectivity index (χ4v) is 4.46. The van der Waals surface area contributed by atoms with E-state index in [4.69, 9.17) is 0 Å². The maximum Gasteiger partial charge on any atom is 0.191 e. The maximum absolute atomic E-state index is 13.7. The first-order chi connectivity index (χ1) is 12.9. The number of thioether (sulfide) groups is 1. The van der Waals surface area contributed by atoms with E-state index in [-0.39, 0.29) is 17.2 Å². The van der Waals surface area contributed by atoms with E-state index in [2.05, 4.69) is 27.8 Å². The Morgan fingerprint density at radius 3 is 2.59 bits per heavy atom. The van der Waals surface area contributed by atoms with Gasteiger partial charge >= 0.3 is 0 Å². The van der Waals surface area contributed by atoms with Crippen molar-refractivity contribution in [1.82, 2.24) is 10.6 Å². The molecule has 146 valence electrons. The van der Waals surface area contributed by atoms with Gasteiger partial charge in [-0.05, 0) is 42.5 Å². The Labute approximate surface area is 164 Å². The van der Waals surface area contributed by atoms with Gasteiger partial charge in [-0.3, -0.25) is 4.99 Å². The summed E-state index contributed by atoms with van der Waals surface area (Å²) in [6.45, 7) is 2.74. The molecule has 0 aliphatic heterocycles. The maximum atomic E-state index is 13.7. The number of hydrogen-bond acceptors (Lipinski definition) is 4. The summed E-state index contributed by atoms with van der Waals surface area (Å²) >= 11 is 1.67. The van der Waals surface area contributed by atoms with E-state index in [1.54, 1.807) is 18.8 Å². The molecule has 0 saturated carbocycles. The van der Waals surface area contributed by atoms with Crippen molar-refractivity contribution in [2.24, 2.45) is 4.99 Å². The van der Waals surface area contributed by atoms with Crippen LogP contribution >= 0.6 is 11.8 Å². The van der Waals surface area contributed by atoms with Crippen molar-refractivity contribution in [2.75, 3.05) is 25.6 Å². The summed E-state index contributed by atoms with van der Waals surface area (Å²) in [5.41, 5.74) is 2.33. The minimum Gasteiger partial charge on any atom is -0.355 e. The SMILES string of the molecule is CN=C(NCCS(=O)(=O)c1ccccc1F)NCc1ccc(C)cc1SC. The van der Waals surface area contributed by atoms with Gasteiger partial charge < -0.3 is 10.6 Å². The topological polar surface area (TPSA) is 70.6 Å². The predicted molar refractivity (Wildman–Crippen MR) is 110 cm³/mol. The van der Waals surface area contributed by atoms with Crippen molar-refractivity contribution in [1.29, 1.82) is 0 Å². The van der Waals surface area contributed by atoms with Gasteiger partial charge in [0.05, 0.1) is 5.75 Å². The Morgan fingerprint density at radius 2 is 1.93 bits per heavy atom. The number of aryl methyl sites for hydroxylation is 1. The molecule has 8 heteroatoms. The highest BCUT2D eigenvalue weighted by atomic mass is 32.2. The zero-order valence-corrected chi connectivity index (χ0v) is 17.3. The number of sulfone groups is 1. The Bertz CT molecular complexity index is 915. The third-order valence-electron chi connectivity index (χ3n) is 3.95. The molecule has 2 aromatic rings. The van der Waals surface area contributed by atoms with Crippen LogP contribution in [0.2, 0.25) is 0 Å². The largest absolute Gasteiger partial charge is 0.355 e. The van der Waals surface area contributed by atoms with Crippen LogP contribution in [0.3, 0.4) is 0 Å². The smallest absolute Gasteiger partial charge is 0.191 e. The van der Waals surface area contributed by atoms with Crippen LogP contribution in [-0.2, 0) is 16.4 Å². The van der Waals surface area contributed by atoms with Crippen LogP contribution in [0.5, 0.6) is 0 Å². The van der Waals surface area contributed by atoms with Crippen molar-refractivity contribution in [3.05, 3.63) is 59.4 Å². The summed E-state index contributed by atoms with van der Waals surface area (Å²) in [6.07, 6.45) is 2.03. The molecule has 0 fully saturated rings. The van der Waals surface area contributed by atoms with Gasteiger partial charge in [-0.2, -0.15) is 0 Å². The highest BCUT2D eigenvalue weighted by Crippen LogP contribution is 2.21. The van der Waals surface area contributed by atoms with Crippen molar-refractivity contribution >= 4 is 27.6 Å². The average Bonchev–Trinajstić information content (AvgIpc) is 2.65. The van der Waals surface area contributed by atoms with Crippen molar-refractivity contribution in [3.8, 4) is 0 Å². The molecule has 5 nitrogen and oxygen atoms in total. The molecular formula is C19H24FN3O2S2. The first-order valence-electron chi connectivity index (χ1n) is 8.42. The number of halogens is 1. The quantitative estimate of drug-likeness (QED) is 0.418. The first-order valence-corrected chi connectivity index (χ1v) is 11.3. The molecular weight excluding hydrogens is 385 g/mol. The van der Waals surface area contributed by atoms with Crippen LogP contribution in [0.15, 0.2) is 57.2 Å². The van der Waals surface area contributed by atoms with E-state index >= 15 is 0 Å². The van der Waals surface area contributed by atoms with Crippen LogP contribution in [0.1, 0.15) is 11.1 Å². The second-order valence-electron chi connectivity index (χ2n) is 5.92. The predicted octanol–water partition coefficient (Wildman–Crippen LogP) is 2.99. The molecule has 2 rings (SSSR count). The number of hydrogen-bond donors (Lipinski definition) is 2. The highest BCUT2D eigenvalue weighted by molar-refractivity contribution is 7.98. The molecule has 0 bridgehead atoms. The minimum absolute atomic E-state index is 0.125. The summed E-state index contributed by atoms with van der Waals surface area (Å²) < 4.78 is 38.3. The van der Waals surface area contributed by atoms with Gasteiger partial charge in [0.1, 0.15) is 10.7 Å². The third-order valence-corrected chi connectivity index (χ3v) is 6.51. The number of nitrogens with one attached hydrogen (secondary N) is 2. The normalized spacial score (nSPS) is 12.1. The lowest BCUT2D eigenvalue weighted by Crippen LogP contribution is -2.39. The lowest BCUT2D eigenvalue weighted by atomic mass is 10.1. The fourth-order valence-electron chi connectivity index (χ4n) is 2.51. The number of rotatable bonds is 7. The highest BCUT2D eigenvalue weighted by Gasteiger charge is 2.18. The first kappa shape index (κ1) is 21.2. The standard InChI is InChI=1S/C19H24FN3O2S2/c1-14-8-9-15(17(12-14)26-3)13-23-19(21-2)22-10-11-27(24,25)18-7-5-4-6-16(18)20/h4-9,12H,10-11,13H2,1-3H3,(H2,21,22,23). The Hall–Kier alpha value is -2.06. The second kappa shape index (κ2) is 9.75. The molecule has 0 spiro atoms. The Balaban J connectivity index is 1.92. The molecule has 27 heavy (non-hydrogen) atoms. The Morgan fingerprint density at radius 1 is 1.19 bits per heavy atom. The fraction of sp³-hybridized carbons (Fsp3) is 0.316. The van der Waals surface area contributed by atoms with Gasteiger partial charge in [0.2, 0.25) is 0 Å². The molecule has 0 amide bonds. The summed E-state index contributed by atoms with van der Waals surface area (Å²) in [5, 5.41) is 6.14. The number of nitrogens with zero attached hydrogens (tertiary/aromatic N) is 1. The van der Waals surface area contributed by atoms with Crippen LogP contribution in [-0.4, -0.2) is 40.0 Å². The Kier molecular flexibility index (Phi) is 7.67. The van der Waals surface area contributed by atoms with Gasteiger partial charge in [0, 0.05) is 25.0 Å². The molecule has 2 N–H and O–H groups in total. The average molecular weight is 410 g/mol. The molecule has 0 saturated heterocycles. The van der Waals surface area contributed by atoms with Crippen LogP contribution in [0.4, 0.5) is 4.39 Å². The molecule has 0 aliphatic carbocycles. The molecule has 0 aliphatic rings. The van der Waals surface area contributed by atoms with Gasteiger partial charge in [-0.1, -0.05) is 24.3 Å². The van der Waals surface area contributed by atoms with E-state index in [0.717, 1.165) is 11.6 Å². The van der Waals surface area contributed by atoms with Crippen LogP contribution < -0.4 is 10.6 Å². The lowest BCUT2D eigenvalue weighted by Gasteiger charge is -2.14.